The van der Waals surface area contributed by atoms with E-state index in [9.17, 15) is 4.79 Å². The fraction of sp³-hybridized carbons (Fsp3) is 0.400. The molecule has 140 valence electrons. The maximum absolute atomic E-state index is 12.6. The summed E-state index contributed by atoms with van der Waals surface area (Å²) in [6, 6.07) is 6.05. The minimum Gasteiger partial charge on any atom is -0.342 e. The van der Waals surface area contributed by atoms with E-state index < -0.39 is 0 Å². The van der Waals surface area contributed by atoms with Gasteiger partial charge in [-0.3, -0.25) is 4.79 Å². The Labute approximate surface area is 162 Å². The molecular weight excluding hydrogens is 358 g/mol. The van der Waals surface area contributed by atoms with Crippen LogP contribution in [0.3, 0.4) is 0 Å². The molecule has 0 unspecified atom stereocenters. The standard InChI is InChI=1S/C20H23N5OS/c1-24-8-6-21-20(24)18-11-16(22-14-23-18)10-15-4-2-7-25(13-15)19(26)12-17-5-3-9-27-17/h3,5-6,8-9,11,14-15H,2,4,7,10,12-13H2,1H3/t15-/m1/s1. The molecule has 0 N–H and O–H groups in total. The number of amides is 1. The first-order valence-corrected chi connectivity index (χ1v) is 10.2. The van der Waals surface area contributed by atoms with Crippen LogP contribution in [0.25, 0.3) is 11.5 Å². The summed E-state index contributed by atoms with van der Waals surface area (Å²) in [7, 11) is 1.96. The summed E-state index contributed by atoms with van der Waals surface area (Å²) >= 11 is 1.65. The number of hydrogen-bond donors (Lipinski definition) is 0. The lowest BCUT2D eigenvalue weighted by molar-refractivity contribution is -0.132. The smallest absolute Gasteiger partial charge is 0.227 e. The van der Waals surface area contributed by atoms with Crippen LogP contribution in [-0.4, -0.2) is 43.4 Å². The molecule has 1 aliphatic heterocycles. The maximum Gasteiger partial charge on any atom is 0.227 e. The fourth-order valence-corrected chi connectivity index (χ4v) is 4.37. The maximum atomic E-state index is 12.6. The second kappa shape index (κ2) is 8.00. The summed E-state index contributed by atoms with van der Waals surface area (Å²) < 4.78 is 1.96. The zero-order chi connectivity index (χ0) is 18.6. The summed E-state index contributed by atoms with van der Waals surface area (Å²) in [5.74, 6) is 1.52. The van der Waals surface area contributed by atoms with Gasteiger partial charge in [0.1, 0.15) is 12.0 Å². The van der Waals surface area contributed by atoms with E-state index in [0.29, 0.717) is 12.3 Å². The summed E-state index contributed by atoms with van der Waals surface area (Å²) in [4.78, 5) is 28.9. The molecule has 7 heteroatoms. The van der Waals surface area contributed by atoms with Crippen LogP contribution in [0.1, 0.15) is 23.4 Å². The van der Waals surface area contributed by atoms with Crippen molar-refractivity contribution < 1.29 is 4.79 Å². The second-order valence-electron chi connectivity index (χ2n) is 7.06. The second-order valence-corrected chi connectivity index (χ2v) is 8.10. The van der Waals surface area contributed by atoms with E-state index in [4.69, 9.17) is 0 Å². The molecule has 3 aromatic rings. The Kier molecular flexibility index (Phi) is 5.29. The molecule has 4 rings (SSSR count). The van der Waals surface area contributed by atoms with Crippen molar-refractivity contribution in [2.24, 2.45) is 13.0 Å². The van der Waals surface area contributed by atoms with Gasteiger partial charge in [0.05, 0.1) is 6.42 Å². The average molecular weight is 382 g/mol. The van der Waals surface area contributed by atoms with E-state index >= 15 is 0 Å². The quantitative estimate of drug-likeness (QED) is 0.682. The van der Waals surface area contributed by atoms with Gasteiger partial charge in [0, 0.05) is 43.1 Å². The summed E-state index contributed by atoms with van der Waals surface area (Å²) in [6.45, 7) is 1.68. The third-order valence-electron chi connectivity index (χ3n) is 5.05. The van der Waals surface area contributed by atoms with Gasteiger partial charge in [0.15, 0.2) is 5.82 Å². The number of carbonyl (C=O) groups is 1. The molecule has 0 aliphatic carbocycles. The van der Waals surface area contributed by atoms with Crippen molar-refractivity contribution in [2.45, 2.75) is 25.7 Å². The van der Waals surface area contributed by atoms with Crippen LogP contribution in [0, 0.1) is 5.92 Å². The molecule has 6 nitrogen and oxygen atoms in total. The fourth-order valence-electron chi connectivity index (χ4n) is 3.67. The Hall–Kier alpha value is -2.54. The SMILES string of the molecule is Cn1ccnc1-c1cc(C[C@H]2CCCN(C(=O)Cc3cccs3)C2)ncn1. The predicted octanol–water partition coefficient (Wildman–Crippen LogP) is 2.96. The van der Waals surface area contributed by atoms with E-state index in [2.05, 4.69) is 15.0 Å². The zero-order valence-electron chi connectivity index (χ0n) is 15.4. The van der Waals surface area contributed by atoms with Gasteiger partial charge in [0.2, 0.25) is 5.91 Å². The molecule has 0 aromatic carbocycles. The lowest BCUT2D eigenvalue weighted by Crippen LogP contribution is -2.41. The first kappa shape index (κ1) is 17.9. The third kappa shape index (κ3) is 4.24. The van der Waals surface area contributed by atoms with Crippen molar-refractivity contribution >= 4 is 17.2 Å². The van der Waals surface area contributed by atoms with Gasteiger partial charge in [-0.05, 0) is 42.7 Å². The number of aryl methyl sites for hydroxylation is 1. The van der Waals surface area contributed by atoms with Crippen LogP contribution in [0.15, 0.2) is 42.3 Å². The molecule has 0 saturated carbocycles. The van der Waals surface area contributed by atoms with Crippen molar-refractivity contribution in [3.8, 4) is 11.5 Å². The number of likely N-dealkylation sites (tertiary alicyclic amines) is 1. The first-order chi connectivity index (χ1) is 13.2. The van der Waals surface area contributed by atoms with Crippen molar-refractivity contribution in [1.82, 2.24) is 24.4 Å². The van der Waals surface area contributed by atoms with Crippen LogP contribution >= 0.6 is 11.3 Å². The lowest BCUT2D eigenvalue weighted by Gasteiger charge is -2.32. The van der Waals surface area contributed by atoms with E-state index in [1.165, 1.54) is 0 Å². The molecule has 27 heavy (non-hydrogen) atoms. The Morgan fingerprint density at radius 3 is 3.04 bits per heavy atom. The van der Waals surface area contributed by atoms with Crippen LogP contribution in [0.5, 0.6) is 0 Å². The summed E-state index contributed by atoms with van der Waals surface area (Å²) in [6.07, 6.45) is 8.86. The number of aromatic nitrogens is 4. The number of nitrogens with zero attached hydrogens (tertiary/aromatic N) is 5. The van der Waals surface area contributed by atoms with Gasteiger partial charge in [-0.1, -0.05) is 6.07 Å². The number of thiophene rings is 1. The topological polar surface area (TPSA) is 63.9 Å². The minimum absolute atomic E-state index is 0.235. The van der Waals surface area contributed by atoms with Crippen LogP contribution < -0.4 is 0 Å². The predicted molar refractivity (Wildman–Crippen MR) is 105 cm³/mol. The third-order valence-corrected chi connectivity index (χ3v) is 5.93. The number of piperidine rings is 1. The van der Waals surface area contributed by atoms with Crippen molar-refractivity contribution in [3.05, 3.63) is 52.9 Å². The first-order valence-electron chi connectivity index (χ1n) is 9.28. The number of imidazole rings is 1. The minimum atomic E-state index is 0.235. The van der Waals surface area contributed by atoms with Crippen LogP contribution in [0.2, 0.25) is 0 Å². The average Bonchev–Trinajstić information content (AvgIpc) is 3.34. The lowest BCUT2D eigenvalue weighted by atomic mass is 9.93. The normalized spacial score (nSPS) is 17.2. The van der Waals surface area contributed by atoms with E-state index in [1.807, 2.05) is 46.3 Å². The molecule has 0 radical (unpaired) electrons. The van der Waals surface area contributed by atoms with Crippen LogP contribution in [0.4, 0.5) is 0 Å². The molecule has 1 atom stereocenters. The molecule has 3 aromatic heterocycles. The highest BCUT2D eigenvalue weighted by Crippen LogP contribution is 2.23. The zero-order valence-corrected chi connectivity index (χ0v) is 16.2. The van der Waals surface area contributed by atoms with Crippen LogP contribution in [-0.2, 0) is 24.7 Å². The van der Waals surface area contributed by atoms with Crippen molar-refractivity contribution in [2.75, 3.05) is 13.1 Å². The van der Waals surface area contributed by atoms with Gasteiger partial charge in [-0.15, -0.1) is 11.3 Å². The van der Waals surface area contributed by atoms with Gasteiger partial charge in [-0.2, -0.15) is 0 Å². The molecule has 1 aliphatic rings. The van der Waals surface area contributed by atoms with Crippen molar-refractivity contribution in [3.63, 3.8) is 0 Å². The van der Waals surface area contributed by atoms with Gasteiger partial charge < -0.3 is 9.47 Å². The van der Waals surface area contributed by atoms with Gasteiger partial charge in [0.25, 0.3) is 0 Å². The molecule has 0 spiro atoms. The Bertz CT molecular complexity index is 905. The number of hydrogen-bond acceptors (Lipinski definition) is 5. The van der Waals surface area contributed by atoms with E-state index in [0.717, 1.165) is 54.4 Å². The monoisotopic (exact) mass is 381 g/mol. The van der Waals surface area contributed by atoms with E-state index in [1.54, 1.807) is 23.9 Å². The number of carbonyl (C=O) groups excluding carboxylic acids is 1. The Morgan fingerprint density at radius 1 is 1.33 bits per heavy atom. The molecule has 1 fully saturated rings. The van der Waals surface area contributed by atoms with E-state index in [-0.39, 0.29) is 5.91 Å². The highest BCUT2D eigenvalue weighted by Gasteiger charge is 2.24. The molecule has 4 heterocycles. The summed E-state index contributed by atoms with van der Waals surface area (Å²) in [5.41, 5.74) is 1.86. The molecular formula is C20H23N5OS. The Balaban J connectivity index is 1.41. The highest BCUT2D eigenvalue weighted by molar-refractivity contribution is 7.10. The molecule has 1 saturated heterocycles. The highest BCUT2D eigenvalue weighted by atomic mass is 32.1. The van der Waals surface area contributed by atoms with Crippen molar-refractivity contribution in [1.29, 1.82) is 0 Å². The van der Waals surface area contributed by atoms with Gasteiger partial charge in [-0.25, -0.2) is 15.0 Å². The Morgan fingerprint density at radius 2 is 2.26 bits per heavy atom. The van der Waals surface area contributed by atoms with Gasteiger partial charge >= 0.3 is 0 Å². The molecule has 1 amide bonds. The largest absolute Gasteiger partial charge is 0.342 e. The summed E-state index contributed by atoms with van der Waals surface area (Å²) in [5, 5.41) is 2.02. The number of rotatable bonds is 5. The molecule has 0 bridgehead atoms.